The number of ether oxygens (including phenoxy) is 1. The van der Waals surface area contributed by atoms with Gasteiger partial charge in [-0.2, -0.15) is 0 Å². The maximum absolute atomic E-state index is 12.1. The highest BCUT2D eigenvalue weighted by Gasteiger charge is 2.15. The van der Waals surface area contributed by atoms with Gasteiger partial charge in [0, 0.05) is 12.4 Å². The topological polar surface area (TPSA) is 77.7 Å². The van der Waals surface area contributed by atoms with Crippen LogP contribution in [0.1, 0.15) is 34.6 Å². The molecule has 0 aliphatic rings. The van der Waals surface area contributed by atoms with Crippen LogP contribution >= 0.6 is 0 Å². The van der Waals surface area contributed by atoms with Gasteiger partial charge in [0.25, 0.3) is 5.56 Å². The normalized spacial score (nSPS) is 10.4. The molecule has 0 aromatic carbocycles. The molecule has 0 N–H and O–H groups in total. The Balaban J connectivity index is 2.72. The summed E-state index contributed by atoms with van der Waals surface area (Å²) in [5, 5.41) is 0. The molecule has 0 amide bonds. The highest BCUT2D eigenvalue weighted by atomic mass is 16.5. The molecule has 0 aliphatic carbocycles. The molecule has 2 rings (SSSR count). The maximum atomic E-state index is 12.1. The number of Topliss-reactive ketones (excluding diaryl/α,β-unsaturated/α-hetero) is 1. The molecule has 19 heavy (non-hydrogen) atoms. The maximum Gasteiger partial charge on any atom is 0.341 e. The number of carbonyl (C=O) groups excluding carboxylic acids is 2. The van der Waals surface area contributed by atoms with Gasteiger partial charge in [0.2, 0.25) is 0 Å². The van der Waals surface area contributed by atoms with Crippen LogP contribution in [-0.2, 0) is 4.74 Å². The second-order valence-corrected chi connectivity index (χ2v) is 3.87. The molecular weight excluding hydrogens is 248 g/mol. The van der Waals surface area contributed by atoms with Crippen molar-refractivity contribution >= 4 is 17.4 Å². The van der Waals surface area contributed by atoms with Crippen molar-refractivity contribution in [1.29, 1.82) is 0 Å². The van der Waals surface area contributed by atoms with Gasteiger partial charge < -0.3 is 4.74 Å². The molecule has 2 aromatic heterocycles. The van der Waals surface area contributed by atoms with Crippen molar-refractivity contribution in [2.24, 2.45) is 0 Å². The van der Waals surface area contributed by atoms with Gasteiger partial charge in [0.05, 0.1) is 6.61 Å². The number of fused-ring (bicyclic) bond motifs is 1. The average molecular weight is 260 g/mol. The lowest BCUT2D eigenvalue weighted by Gasteiger charge is -2.06. The first-order valence-electron chi connectivity index (χ1n) is 5.74. The van der Waals surface area contributed by atoms with Crippen molar-refractivity contribution in [3.8, 4) is 0 Å². The van der Waals surface area contributed by atoms with Crippen LogP contribution in [0.15, 0.2) is 29.3 Å². The predicted molar refractivity (Wildman–Crippen MR) is 67.4 cm³/mol. The number of pyridine rings is 1. The number of hydrogen-bond acceptors (Lipinski definition) is 5. The van der Waals surface area contributed by atoms with Gasteiger partial charge >= 0.3 is 5.97 Å². The molecule has 0 aliphatic heterocycles. The Morgan fingerprint density at radius 2 is 2.11 bits per heavy atom. The number of aromatic nitrogens is 2. The summed E-state index contributed by atoms with van der Waals surface area (Å²) in [6, 6.07) is 3.06. The van der Waals surface area contributed by atoms with Crippen molar-refractivity contribution in [2.75, 3.05) is 6.61 Å². The number of carbonyl (C=O) groups is 2. The van der Waals surface area contributed by atoms with E-state index in [1.807, 2.05) is 0 Å². The van der Waals surface area contributed by atoms with Crippen LogP contribution in [0.2, 0.25) is 0 Å². The first kappa shape index (κ1) is 12.9. The van der Waals surface area contributed by atoms with Crippen LogP contribution in [0, 0.1) is 0 Å². The standard InChI is InChI=1S/C13H12N2O4/c1-3-19-13(18)9-5-4-6-15-11(9)14-7-10(8(2)16)12(15)17/h4-7H,3H2,1-2H3. The van der Waals surface area contributed by atoms with E-state index in [1.165, 1.54) is 35.9 Å². The number of esters is 1. The Morgan fingerprint density at radius 3 is 2.74 bits per heavy atom. The van der Waals surface area contributed by atoms with Crippen molar-refractivity contribution in [2.45, 2.75) is 13.8 Å². The summed E-state index contributed by atoms with van der Waals surface area (Å²) >= 11 is 0. The summed E-state index contributed by atoms with van der Waals surface area (Å²) in [5.41, 5.74) is -0.144. The third kappa shape index (κ3) is 2.24. The monoisotopic (exact) mass is 260 g/mol. The lowest BCUT2D eigenvalue weighted by atomic mass is 10.2. The first-order chi connectivity index (χ1) is 9.06. The minimum absolute atomic E-state index is 0.0153. The fraction of sp³-hybridized carbons (Fsp3) is 0.231. The van der Waals surface area contributed by atoms with Gasteiger partial charge in [-0.25, -0.2) is 9.78 Å². The van der Waals surface area contributed by atoms with E-state index >= 15 is 0 Å². The molecular formula is C13H12N2O4. The Hall–Kier alpha value is -2.50. The molecule has 0 bridgehead atoms. The average Bonchev–Trinajstić information content (AvgIpc) is 2.38. The lowest BCUT2D eigenvalue weighted by molar-refractivity contribution is 0.0528. The minimum atomic E-state index is -0.553. The molecule has 2 aromatic rings. The molecule has 0 atom stereocenters. The zero-order valence-corrected chi connectivity index (χ0v) is 10.5. The fourth-order valence-corrected chi connectivity index (χ4v) is 1.72. The van der Waals surface area contributed by atoms with Crippen LogP contribution < -0.4 is 5.56 Å². The van der Waals surface area contributed by atoms with Crippen molar-refractivity contribution in [3.05, 3.63) is 46.0 Å². The van der Waals surface area contributed by atoms with Gasteiger partial charge in [-0.3, -0.25) is 14.0 Å². The fourth-order valence-electron chi connectivity index (χ4n) is 1.72. The Morgan fingerprint density at radius 1 is 1.37 bits per heavy atom. The summed E-state index contributed by atoms with van der Waals surface area (Å²) in [6.07, 6.45) is 2.64. The zero-order chi connectivity index (χ0) is 14.0. The number of rotatable bonds is 3. The van der Waals surface area contributed by atoms with Crippen LogP contribution in [0.3, 0.4) is 0 Å². The summed E-state index contributed by atoms with van der Waals surface area (Å²) in [6.45, 7) is 3.21. The van der Waals surface area contributed by atoms with Gasteiger partial charge in [-0.05, 0) is 26.0 Å². The molecule has 0 saturated carbocycles. The quantitative estimate of drug-likeness (QED) is 0.609. The Labute approximate surface area is 108 Å². The SMILES string of the molecule is CCOC(=O)c1cccn2c(=O)c(C(C)=O)cnc12. The van der Waals surface area contributed by atoms with Crippen LogP contribution in [0.25, 0.3) is 5.65 Å². The lowest BCUT2D eigenvalue weighted by Crippen LogP contribution is -2.23. The number of nitrogens with zero attached hydrogens (tertiary/aromatic N) is 2. The van der Waals surface area contributed by atoms with Gasteiger partial charge in [-0.1, -0.05) is 0 Å². The van der Waals surface area contributed by atoms with E-state index in [-0.39, 0.29) is 29.2 Å². The highest BCUT2D eigenvalue weighted by molar-refractivity contribution is 5.97. The van der Waals surface area contributed by atoms with E-state index in [0.29, 0.717) is 0 Å². The largest absolute Gasteiger partial charge is 0.462 e. The molecule has 98 valence electrons. The van der Waals surface area contributed by atoms with E-state index in [9.17, 15) is 14.4 Å². The van der Waals surface area contributed by atoms with Crippen molar-refractivity contribution in [3.63, 3.8) is 0 Å². The number of hydrogen-bond donors (Lipinski definition) is 0. The number of ketones is 1. The summed E-state index contributed by atoms with van der Waals surface area (Å²) < 4.78 is 6.06. The van der Waals surface area contributed by atoms with Crippen molar-refractivity contribution in [1.82, 2.24) is 9.38 Å². The van der Waals surface area contributed by atoms with Crippen LogP contribution in [0.4, 0.5) is 0 Å². The molecule has 6 heteroatoms. The summed E-state index contributed by atoms with van der Waals surface area (Å²) in [7, 11) is 0. The second kappa shape index (κ2) is 5.01. The van der Waals surface area contributed by atoms with Crippen LogP contribution in [-0.4, -0.2) is 27.7 Å². The molecule has 0 spiro atoms. The third-order valence-electron chi connectivity index (χ3n) is 2.61. The highest BCUT2D eigenvalue weighted by Crippen LogP contribution is 2.08. The van der Waals surface area contributed by atoms with E-state index in [0.717, 1.165) is 0 Å². The molecule has 0 fully saturated rings. The molecule has 0 unspecified atom stereocenters. The van der Waals surface area contributed by atoms with Crippen molar-refractivity contribution < 1.29 is 14.3 Å². The van der Waals surface area contributed by atoms with Gasteiger partial charge in [0.15, 0.2) is 11.4 Å². The zero-order valence-electron chi connectivity index (χ0n) is 10.5. The van der Waals surface area contributed by atoms with E-state index in [4.69, 9.17) is 4.74 Å². The molecule has 0 saturated heterocycles. The Kier molecular flexibility index (Phi) is 3.41. The smallest absolute Gasteiger partial charge is 0.341 e. The summed E-state index contributed by atoms with van der Waals surface area (Å²) in [5.74, 6) is -0.920. The third-order valence-corrected chi connectivity index (χ3v) is 2.61. The summed E-state index contributed by atoms with van der Waals surface area (Å²) in [4.78, 5) is 39.1. The van der Waals surface area contributed by atoms with Crippen LogP contribution in [0.5, 0.6) is 0 Å². The Bertz CT molecular complexity index is 718. The second-order valence-electron chi connectivity index (χ2n) is 3.87. The predicted octanol–water partition coefficient (Wildman–Crippen LogP) is 1.07. The van der Waals surface area contributed by atoms with E-state index < -0.39 is 11.5 Å². The minimum Gasteiger partial charge on any atom is -0.462 e. The first-order valence-corrected chi connectivity index (χ1v) is 5.74. The van der Waals surface area contributed by atoms with E-state index in [2.05, 4.69) is 4.98 Å². The van der Waals surface area contributed by atoms with Gasteiger partial charge in [0.1, 0.15) is 11.1 Å². The molecule has 0 radical (unpaired) electrons. The van der Waals surface area contributed by atoms with Gasteiger partial charge in [-0.15, -0.1) is 0 Å². The molecule has 6 nitrogen and oxygen atoms in total. The molecule has 2 heterocycles. The van der Waals surface area contributed by atoms with E-state index in [1.54, 1.807) is 6.92 Å².